The SMILES string of the molecule is CNC1c2ccccc2CCC1N(C)C1CCCC1. The summed E-state index contributed by atoms with van der Waals surface area (Å²) in [5.41, 5.74) is 3.06. The van der Waals surface area contributed by atoms with Crippen LogP contribution in [0.2, 0.25) is 0 Å². The molecule has 2 atom stereocenters. The summed E-state index contributed by atoms with van der Waals surface area (Å²) in [7, 11) is 4.46. The molecule has 0 heterocycles. The van der Waals surface area contributed by atoms with Crippen molar-refractivity contribution in [3.63, 3.8) is 0 Å². The molecule has 1 fully saturated rings. The number of rotatable bonds is 3. The normalized spacial score (nSPS) is 27.7. The molecule has 3 rings (SSSR count). The number of hydrogen-bond donors (Lipinski definition) is 1. The van der Waals surface area contributed by atoms with Crippen molar-refractivity contribution < 1.29 is 0 Å². The van der Waals surface area contributed by atoms with Gasteiger partial charge in [0.1, 0.15) is 0 Å². The molecule has 2 unspecified atom stereocenters. The van der Waals surface area contributed by atoms with E-state index in [0.717, 1.165) is 6.04 Å². The minimum absolute atomic E-state index is 0.496. The largest absolute Gasteiger partial charge is 0.312 e. The van der Waals surface area contributed by atoms with Crippen molar-refractivity contribution in [2.45, 2.75) is 56.7 Å². The zero-order valence-electron chi connectivity index (χ0n) is 12.2. The molecule has 0 aromatic heterocycles. The zero-order chi connectivity index (χ0) is 13.2. The summed E-state index contributed by atoms with van der Waals surface area (Å²) < 4.78 is 0. The predicted molar refractivity (Wildman–Crippen MR) is 80.4 cm³/mol. The van der Waals surface area contributed by atoms with Gasteiger partial charge in [0, 0.05) is 18.1 Å². The molecule has 2 heteroatoms. The number of fused-ring (bicyclic) bond motifs is 1. The van der Waals surface area contributed by atoms with Crippen LogP contribution in [0.5, 0.6) is 0 Å². The molecule has 1 N–H and O–H groups in total. The Hall–Kier alpha value is -0.860. The summed E-state index contributed by atoms with van der Waals surface area (Å²) >= 11 is 0. The molecule has 104 valence electrons. The lowest BCUT2D eigenvalue weighted by Gasteiger charge is -2.42. The number of aryl methyl sites for hydroxylation is 1. The first kappa shape index (κ1) is 13.1. The monoisotopic (exact) mass is 258 g/mol. The standard InChI is InChI=1S/C17H26N2/c1-18-17-15-10-6-3-7-13(15)11-12-16(17)19(2)14-8-4-5-9-14/h3,6-7,10,14,16-18H,4-5,8-9,11-12H2,1-2H3. The highest BCUT2D eigenvalue weighted by Gasteiger charge is 2.34. The average Bonchev–Trinajstić information content (AvgIpc) is 2.99. The summed E-state index contributed by atoms with van der Waals surface area (Å²) in [5.74, 6) is 0. The van der Waals surface area contributed by atoms with E-state index in [2.05, 4.69) is 48.6 Å². The van der Waals surface area contributed by atoms with Crippen LogP contribution in [0.4, 0.5) is 0 Å². The van der Waals surface area contributed by atoms with Crippen molar-refractivity contribution in [3.05, 3.63) is 35.4 Å². The van der Waals surface area contributed by atoms with Crippen molar-refractivity contribution >= 4 is 0 Å². The molecule has 0 bridgehead atoms. The third-order valence-corrected chi connectivity index (χ3v) is 5.22. The van der Waals surface area contributed by atoms with Crippen LogP contribution in [0.25, 0.3) is 0 Å². The Balaban J connectivity index is 1.83. The van der Waals surface area contributed by atoms with Gasteiger partial charge in [0.2, 0.25) is 0 Å². The highest BCUT2D eigenvalue weighted by Crippen LogP contribution is 2.35. The van der Waals surface area contributed by atoms with E-state index in [-0.39, 0.29) is 0 Å². The molecule has 1 aromatic carbocycles. The van der Waals surface area contributed by atoms with Gasteiger partial charge in [-0.25, -0.2) is 0 Å². The second-order valence-corrected chi connectivity index (χ2v) is 6.17. The molecule has 2 aliphatic carbocycles. The van der Waals surface area contributed by atoms with Crippen LogP contribution < -0.4 is 5.32 Å². The predicted octanol–water partition coefficient (Wildman–Crippen LogP) is 3.14. The highest BCUT2D eigenvalue weighted by molar-refractivity contribution is 5.34. The van der Waals surface area contributed by atoms with E-state index < -0.39 is 0 Å². The van der Waals surface area contributed by atoms with E-state index >= 15 is 0 Å². The second-order valence-electron chi connectivity index (χ2n) is 6.17. The second kappa shape index (κ2) is 5.64. The molecule has 1 aromatic rings. The van der Waals surface area contributed by atoms with Gasteiger partial charge in [0.15, 0.2) is 0 Å². The molecule has 1 saturated carbocycles. The fraction of sp³-hybridized carbons (Fsp3) is 0.647. The third kappa shape index (κ3) is 2.44. The summed E-state index contributed by atoms with van der Waals surface area (Å²) in [5, 5.41) is 3.57. The maximum absolute atomic E-state index is 3.57. The molecule has 0 amide bonds. The van der Waals surface area contributed by atoms with Crippen molar-refractivity contribution in [3.8, 4) is 0 Å². The Morgan fingerprint density at radius 2 is 1.84 bits per heavy atom. The molecule has 0 saturated heterocycles. The first-order valence-corrected chi connectivity index (χ1v) is 7.78. The quantitative estimate of drug-likeness (QED) is 0.896. The first-order chi connectivity index (χ1) is 9.31. The molecular formula is C17H26N2. The maximum Gasteiger partial charge on any atom is 0.0478 e. The maximum atomic E-state index is 3.57. The van der Waals surface area contributed by atoms with Crippen LogP contribution >= 0.6 is 0 Å². The molecule has 19 heavy (non-hydrogen) atoms. The summed E-state index contributed by atoms with van der Waals surface area (Å²) in [6.45, 7) is 0. The molecule has 0 radical (unpaired) electrons. The smallest absolute Gasteiger partial charge is 0.0478 e. The fourth-order valence-electron chi connectivity index (χ4n) is 4.11. The highest BCUT2D eigenvalue weighted by atomic mass is 15.2. The van der Waals surface area contributed by atoms with E-state index in [4.69, 9.17) is 0 Å². The minimum Gasteiger partial charge on any atom is -0.312 e. The third-order valence-electron chi connectivity index (χ3n) is 5.22. The van der Waals surface area contributed by atoms with Crippen LogP contribution in [-0.2, 0) is 6.42 Å². The van der Waals surface area contributed by atoms with Gasteiger partial charge in [-0.3, -0.25) is 4.90 Å². The topological polar surface area (TPSA) is 15.3 Å². The first-order valence-electron chi connectivity index (χ1n) is 7.78. The van der Waals surface area contributed by atoms with Crippen LogP contribution in [0, 0.1) is 0 Å². The average molecular weight is 258 g/mol. The Kier molecular flexibility index (Phi) is 3.90. The van der Waals surface area contributed by atoms with Gasteiger partial charge in [-0.15, -0.1) is 0 Å². The Labute approximate surface area is 117 Å². The van der Waals surface area contributed by atoms with Crippen LogP contribution in [0.15, 0.2) is 24.3 Å². The van der Waals surface area contributed by atoms with E-state index in [1.54, 1.807) is 0 Å². The number of nitrogens with zero attached hydrogens (tertiary/aromatic N) is 1. The molecule has 0 aliphatic heterocycles. The number of benzene rings is 1. The number of nitrogens with one attached hydrogen (secondary N) is 1. The van der Waals surface area contributed by atoms with Crippen LogP contribution in [0.1, 0.15) is 49.3 Å². The van der Waals surface area contributed by atoms with Gasteiger partial charge in [-0.2, -0.15) is 0 Å². The summed E-state index contributed by atoms with van der Waals surface area (Å²) in [6, 6.07) is 10.9. The van der Waals surface area contributed by atoms with Gasteiger partial charge in [0.25, 0.3) is 0 Å². The van der Waals surface area contributed by atoms with Gasteiger partial charge in [0.05, 0.1) is 0 Å². The molecule has 0 spiro atoms. The van der Waals surface area contributed by atoms with Crippen LogP contribution in [0.3, 0.4) is 0 Å². The Bertz CT molecular complexity index is 423. The van der Waals surface area contributed by atoms with Gasteiger partial charge in [-0.05, 0) is 50.9 Å². The van der Waals surface area contributed by atoms with Crippen molar-refractivity contribution in [1.29, 1.82) is 0 Å². The summed E-state index contributed by atoms with van der Waals surface area (Å²) in [4.78, 5) is 2.67. The summed E-state index contributed by atoms with van der Waals surface area (Å²) in [6.07, 6.45) is 8.15. The molecule has 2 nitrogen and oxygen atoms in total. The van der Waals surface area contributed by atoms with Crippen molar-refractivity contribution in [2.24, 2.45) is 0 Å². The minimum atomic E-state index is 0.496. The van der Waals surface area contributed by atoms with Crippen molar-refractivity contribution in [1.82, 2.24) is 10.2 Å². The lowest BCUT2D eigenvalue weighted by atomic mass is 9.83. The Morgan fingerprint density at radius 1 is 1.11 bits per heavy atom. The van der Waals surface area contributed by atoms with E-state index in [9.17, 15) is 0 Å². The van der Waals surface area contributed by atoms with Crippen molar-refractivity contribution in [2.75, 3.05) is 14.1 Å². The number of hydrogen-bond acceptors (Lipinski definition) is 2. The van der Waals surface area contributed by atoms with Gasteiger partial charge < -0.3 is 5.32 Å². The number of likely N-dealkylation sites (N-methyl/N-ethyl adjacent to an activating group) is 2. The van der Waals surface area contributed by atoms with Gasteiger partial charge >= 0.3 is 0 Å². The molecular weight excluding hydrogens is 232 g/mol. The fourth-order valence-corrected chi connectivity index (χ4v) is 4.11. The lowest BCUT2D eigenvalue weighted by molar-refractivity contribution is 0.127. The zero-order valence-corrected chi connectivity index (χ0v) is 12.2. The van der Waals surface area contributed by atoms with E-state index in [0.29, 0.717) is 12.1 Å². The molecule has 2 aliphatic rings. The Morgan fingerprint density at radius 3 is 2.58 bits per heavy atom. The van der Waals surface area contributed by atoms with Gasteiger partial charge in [-0.1, -0.05) is 37.1 Å². The van der Waals surface area contributed by atoms with E-state index in [1.165, 1.54) is 49.7 Å². The lowest BCUT2D eigenvalue weighted by Crippen LogP contribution is -2.48. The van der Waals surface area contributed by atoms with Crippen LogP contribution in [-0.4, -0.2) is 31.1 Å². The van der Waals surface area contributed by atoms with E-state index in [1.807, 2.05) is 0 Å².